The second kappa shape index (κ2) is 8.88. The van der Waals surface area contributed by atoms with Crippen molar-refractivity contribution in [2.75, 3.05) is 9.96 Å². The molecule has 5 aromatic rings. The zero-order valence-electron chi connectivity index (χ0n) is 23.2. The van der Waals surface area contributed by atoms with E-state index in [0.29, 0.717) is 22.0 Å². The summed E-state index contributed by atoms with van der Waals surface area (Å²) in [5.74, 6) is -2.27. The van der Waals surface area contributed by atoms with Crippen molar-refractivity contribution in [2.24, 2.45) is 5.41 Å². The summed E-state index contributed by atoms with van der Waals surface area (Å²) < 4.78 is 14.4. The lowest BCUT2D eigenvalue weighted by molar-refractivity contribution is -0.153. The third-order valence-corrected chi connectivity index (χ3v) is 10.2. The number of halogens is 2. The second-order valence-electron chi connectivity index (χ2n) is 11.9. The molecule has 5 aliphatic rings. The third-order valence-electron chi connectivity index (χ3n) is 9.98. The molecule has 44 heavy (non-hydrogen) atoms. The van der Waals surface area contributed by atoms with Crippen molar-refractivity contribution >= 4 is 34.8 Å². The number of hydroxylamine groups is 1. The summed E-state index contributed by atoms with van der Waals surface area (Å²) in [6, 6.07) is 37.8. The molecule has 5 nitrogen and oxygen atoms in total. The molecule has 0 saturated carbocycles. The van der Waals surface area contributed by atoms with Crippen LogP contribution in [0.15, 0.2) is 127 Å². The molecule has 0 radical (unpaired) electrons. The Morgan fingerprint density at radius 2 is 1.16 bits per heavy atom. The van der Waals surface area contributed by atoms with Crippen LogP contribution in [0, 0.1) is 11.2 Å². The Hall–Kier alpha value is -4.78. The van der Waals surface area contributed by atoms with Gasteiger partial charge in [-0.3, -0.25) is 14.4 Å². The molecule has 0 aromatic heterocycles. The van der Waals surface area contributed by atoms with Crippen molar-refractivity contribution in [3.8, 4) is 0 Å². The largest absolute Gasteiger partial charge is 0.273 e. The Balaban J connectivity index is 1.43. The van der Waals surface area contributed by atoms with Crippen LogP contribution in [0.4, 0.5) is 15.8 Å². The number of amides is 2. The first-order valence-corrected chi connectivity index (χ1v) is 15.0. The molecule has 2 fully saturated rings. The topological polar surface area (TPSA) is 49.9 Å². The van der Waals surface area contributed by atoms with Crippen molar-refractivity contribution in [1.82, 2.24) is 0 Å². The van der Waals surface area contributed by atoms with Crippen LogP contribution in [0.5, 0.6) is 0 Å². The van der Waals surface area contributed by atoms with Gasteiger partial charge in [0, 0.05) is 10.9 Å². The van der Waals surface area contributed by atoms with Gasteiger partial charge in [-0.05, 0) is 76.3 Å². The molecular formula is C37H24ClFN2O3. The zero-order valence-corrected chi connectivity index (χ0v) is 24.0. The maximum absolute atomic E-state index is 15.6. The number of para-hydroxylation sites is 1. The molecule has 3 aliphatic carbocycles. The van der Waals surface area contributed by atoms with E-state index in [1.54, 1.807) is 41.5 Å². The summed E-state index contributed by atoms with van der Waals surface area (Å²) in [4.78, 5) is 39.3. The van der Waals surface area contributed by atoms with E-state index in [2.05, 4.69) is 12.1 Å². The molecule has 2 saturated heterocycles. The van der Waals surface area contributed by atoms with Gasteiger partial charge < -0.3 is 0 Å². The minimum Gasteiger partial charge on any atom is -0.273 e. The summed E-state index contributed by atoms with van der Waals surface area (Å²) in [5, 5.41) is 2.23. The number of hydrogen-bond donors (Lipinski definition) is 0. The monoisotopic (exact) mass is 598 g/mol. The van der Waals surface area contributed by atoms with Gasteiger partial charge in [-0.25, -0.2) is 14.4 Å². The number of carbonyl (C=O) groups excluding carboxylic acids is 2. The summed E-state index contributed by atoms with van der Waals surface area (Å²) in [6.45, 7) is 0. The van der Waals surface area contributed by atoms with E-state index < -0.39 is 34.8 Å². The Kier molecular flexibility index (Phi) is 5.19. The predicted octanol–water partition coefficient (Wildman–Crippen LogP) is 7.56. The molecule has 10 rings (SSSR count). The van der Waals surface area contributed by atoms with Gasteiger partial charge in [0.15, 0.2) is 0 Å². The molecule has 5 aromatic carbocycles. The van der Waals surface area contributed by atoms with Crippen molar-refractivity contribution in [3.63, 3.8) is 0 Å². The molecule has 214 valence electrons. The van der Waals surface area contributed by atoms with Gasteiger partial charge in [-0.1, -0.05) is 90.5 Å². The van der Waals surface area contributed by atoms with E-state index in [9.17, 15) is 4.39 Å². The normalized spacial score (nSPS) is 27.6. The van der Waals surface area contributed by atoms with Gasteiger partial charge in [0.05, 0.1) is 17.3 Å². The van der Waals surface area contributed by atoms with Gasteiger partial charge in [0.25, 0.3) is 5.91 Å². The van der Waals surface area contributed by atoms with Crippen molar-refractivity contribution < 1.29 is 18.8 Å². The summed E-state index contributed by atoms with van der Waals surface area (Å²) in [5.41, 5.74) is 2.67. The second-order valence-corrected chi connectivity index (χ2v) is 12.3. The molecule has 2 amide bonds. The molecule has 7 heteroatoms. The van der Waals surface area contributed by atoms with Crippen LogP contribution < -0.4 is 9.96 Å². The van der Waals surface area contributed by atoms with E-state index in [4.69, 9.17) is 16.4 Å². The minimum absolute atomic E-state index is 0.350. The van der Waals surface area contributed by atoms with Crippen LogP contribution in [0.25, 0.3) is 0 Å². The minimum atomic E-state index is -1.63. The Bertz CT molecular complexity index is 1950. The molecule has 2 aliphatic heterocycles. The van der Waals surface area contributed by atoms with Crippen molar-refractivity contribution in [3.05, 3.63) is 166 Å². The zero-order chi connectivity index (χ0) is 29.8. The summed E-state index contributed by atoms with van der Waals surface area (Å²) in [7, 11) is 0. The third kappa shape index (κ3) is 2.92. The fraction of sp³-hybridized carbons (Fsp3) is 0.135. The van der Waals surface area contributed by atoms with E-state index >= 15 is 9.59 Å². The summed E-state index contributed by atoms with van der Waals surface area (Å²) in [6.07, 6.45) is 0. The van der Waals surface area contributed by atoms with Gasteiger partial charge >= 0.3 is 0 Å². The molecule has 0 spiro atoms. The average molecular weight is 599 g/mol. The average Bonchev–Trinajstić information content (AvgIpc) is 3.50. The molecule has 0 N–H and O–H groups in total. The smallest absolute Gasteiger partial charge is 0.271 e. The number of nitrogens with zero attached hydrogens (tertiary/aromatic N) is 2. The highest BCUT2D eigenvalue weighted by Gasteiger charge is 2.87. The number of hydrogen-bond acceptors (Lipinski definition) is 4. The first-order valence-electron chi connectivity index (χ1n) is 14.6. The van der Waals surface area contributed by atoms with Crippen LogP contribution in [-0.4, -0.2) is 17.4 Å². The van der Waals surface area contributed by atoms with Crippen molar-refractivity contribution in [2.45, 2.75) is 23.5 Å². The molecule has 3 unspecified atom stereocenters. The Labute approximate surface area is 258 Å². The first-order chi connectivity index (χ1) is 21.5. The number of rotatable bonds is 3. The number of anilines is 2. The standard InChI is InChI=1S/C37H24ClFN2O3/c38-23-16-20-25(21-17-23)40-34(42)36-31-27-10-4-6-12-29(27)32(30-13-7-5-11-28(30)31)37(36,35(40)43)44-41(26-8-2-1-3-9-26)33(36)22-14-18-24(39)19-15-22/h1-21,31-33H. The van der Waals surface area contributed by atoms with Crippen LogP contribution >= 0.6 is 11.6 Å². The first kappa shape index (κ1) is 25.7. The lowest BCUT2D eigenvalue weighted by Gasteiger charge is -2.55. The van der Waals surface area contributed by atoms with Crippen LogP contribution in [0.2, 0.25) is 5.02 Å². The lowest BCUT2D eigenvalue weighted by Crippen LogP contribution is -2.63. The van der Waals surface area contributed by atoms with E-state index in [1.165, 1.54) is 17.0 Å². The Morgan fingerprint density at radius 3 is 1.75 bits per heavy atom. The van der Waals surface area contributed by atoms with E-state index in [0.717, 1.165) is 22.3 Å². The predicted molar refractivity (Wildman–Crippen MR) is 165 cm³/mol. The SMILES string of the molecule is O=C1N(c2ccc(Cl)cc2)C(=O)C23C4c5ccccc5C(c5ccccc54)C12ON(c1ccccc1)C3c1ccc(F)cc1. The highest BCUT2D eigenvalue weighted by Crippen LogP contribution is 2.77. The van der Waals surface area contributed by atoms with Gasteiger partial charge in [0.2, 0.25) is 11.5 Å². The van der Waals surface area contributed by atoms with E-state index in [-0.39, 0.29) is 11.7 Å². The molecule has 3 atom stereocenters. The number of imide groups is 1. The van der Waals surface area contributed by atoms with Gasteiger partial charge in [0.1, 0.15) is 17.3 Å². The van der Waals surface area contributed by atoms with Crippen LogP contribution in [0.1, 0.15) is 45.7 Å². The lowest BCUT2D eigenvalue weighted by atomic mass is 9.43. The molecule has 2 heterocycles. The van der Waals surface area contributed by atoms with Crippen LogP contribution in [0.3, 0.4) is 0 Å². The van der Waals surface area contributed by atoms with Crippen LogP contribution in [-0.2, 0) is 14.4 Å². The highest BCUT2D eigenvalue weighted by molar-refractivity contribution is 6.31. The van der Waals surface area contributed by atoms with Crippen molar-refractivity contribution in [1.29, 1.82) is 0 Å². The highest BCUT2D eigenvalue weighted by atomic mass is 35.5. The molecular weight excluding hydrogens is 575 g/mol. The Morgan fingerprint density at radius 1 is 0.614 bits per heavy atom. The molecule has 2 bridgehead atoms. The van der Waals surface area contributed by atoms with E-state index in [1.807, 2.05) is 66.7 Å². The quantitative estimate of drug-likeness (QED) is 0.201. The fourth-order valence-corrected chi connectivity index (χ4v) is 8.63. The fourth-order valence-electron chi connectivity index (χ4n) is 8.50. The number of benzene rings is 5. The van der Waals surface area contributed by atoms with Gasteiger partial charge in [-0.15, -0.1) is 0 Å². The maximum atomic E-state index is 15.6. The number of carbonyl (C=O) groups is 2. The summed E-state index contributed by atoms with van der Waals surface area (Å²) >= 11 is 6.24. The maximum Gasteiger partial charge on any atom is 0.271 e. The van der Waals surface area contributed by atoms with Gasteiger partial charge in [-0.2, -0.15) is 0 Å².